The van der Waals surface area contributed by atoms with Crippen LogP contribution in [0.2, 0.25) is 0 Å². The summed E-state index contributed by atoms with van der Waals surface area (Å²) in [4.78, 5) is 23.0. The van der Waals surface area contributed by atoms with Crippen LogP contribution >= 0.6 is 0 Å². The maximum atomic E-state index is 12.3. The predicted octanol–water partition coefficient (Wildman–Crippen LogP) is 3.26. The molecule has 0 aliphatic heterocycles. The average Bonchev–Trinajstić information content (AvgIpc) is 2.74. The number of Topliss-reactive ketones (excluding diaryl/α,β-unsaturated/α-hetero) is 2. The molecule has 0 radical (unpaired) electrons. The molecule has 1 aliphatic rings. The lowest BCUT2D eigenvalue weighted by molar-refractivity contribution is -0.137. The summed E-state index contributed by atoms with van der Waals surface area (Å²) in [5.41, 5.74) is -0.538. The molecule has 1 atom stereocenters. The Bertz CT molecular complexity index is 474. The van der Waals surface area contributed by atoms with Crippen molar-refractivity contribution in [2.24, 2.45) is 5.92 Å². The van der Waals surface area contributed by atoms with Crippen LogP contribution in [0.25, 0.3) is 0 Å². The number of carbonyl (C=O) groups excluding carboxylic acids is 2. The van der Waals surface area contributed by atoms with E-state index < -0.39 is 11.7 Å². The van der Waals surface area contributed by atoms with Crippen LogP contribution in [0, 0.1) is 5.92 Å². The fourth-order valence-electron chi connectivity index (χ4n) is 2.10. The maximum absolute atomic E-state index is 12.3. The first kappa shape index (κ1) is 12.8. The summed E-state index contributed by atoms with van der Waals surface area (Å²) in [5.74, 6) is -0.566. The zero-order valence-electron chi connectivity index (χ0n) is 9.46. The van der Waals surface area contributed by atoms with Gasteiger partial charge in [0, 0.05) is 24.3 Å². The fourth-order valence-corrected chi connectivity index (χ4v) is 2.10. The molecule has 1 aliphatic carbocycles. The number of carbonyl (C=O) groups is 2. The third-order valence-corrected chi connectivity index (χ3v) is 3.11. The molecule has 1 unspecified atom stereocenters. The van der Waals surface area contributed by atoms with Gasteiger partial charge in [-0.05, 0) is 18.6 Å². The zero-order chi connectivity index (χ0) is 13.3. The largest absolute Gasteiger partial charge is 0.416 e. The van der Waals surface area contributed by atoms with Gasteiger partial charge in [-0.15, -0.1) is 0 Å². The van der Waals surface area contributed by atoms with E-state index in [2.05, 4.69) is 0 Å². The molecule has 96 valence electrons. The van der Waals surface area contributed by atoms with E-state index in [0.717, 1.165) is 12.1 Å². The first-order valence-electron chi connectivity index (χ1n) is 5.61. The van der Waals surface area contributed by atoms with Gasteiger partial charge >= 0.3 is 6.18 Å². The topological polar surface area (TPSA) is 34.1 Å². The molecule has 0 heterocycles. The molecular weight excluding hydrogens is 245 g/mol. The van der Waals surface area contributed by atoms with Gasteiger partial charge in [-0.3, -0.25) is 9.59 Å². The van der Waals surface area contributed by atoms with Crippen molar-refractivity contribution in [3.05, 3.63) is 35.4 Å². The second-order valence-electron chi connectivity index (χ2n) is 4.42. The predicted molar refractivity (Wildman–Crippen MR) is 58.1 cm³/mol. The van der Waals surface area contributed by atoms with Gasteiger partial charge in [0.1, 0.15) is 5.78 Å². The SMILES string of the molecule is O=C1CCC(C(=O)c2ccc(C(F)(F)F)cc2)C1. The Morgan fingerprint density at radius 2 is 1.78 bits per heavy atom. The molecule has 5 heteroatoms. The Balaban J connectivity index is 2.15. The minimum absolute atomic E-state index is 0.0419. The fraction of sp³-hybridized carbons (Fsp3) is 0.385. The van der Waals surface area contributed by atoms with Gasteiger partial charge in [0.15, 0.2) is 5.78 Å². The van der Waals surface area contributed by atoms with E-state index in [0.29, 0.717) is 12.8 Å². The summed E-state index contributed by atoms with van der Waals surface area (Å²) in [6.07, 6.45) is -3.31. The minimum Gasteiger partial charge on any atom is -0.300 e. The number of alkyl halides is 3. The van der Waals surface area contributed by atoms with Gasteiger partial charge in [0.2, 0.25) is 0 Å². The Kier molecular flexibility index (Phi) is 3.24. The minimum atomic E-state index is -4.40. The number of hydrogen-bond donors (Lipinski definition) is 0. The quantitative estimate of drug-likeness (QED) is 0.761. The molecule has 0 bridgehead atoms. The molecule has 0 saturated heterocycles. The van der Waals surface area contributed by atoms with Crippen molar-refractivity contribution in [1.82, 2.24) is 0 Å². The molecule has 2 rings (SSSR count). The Hall–Kier alpha value is -1.65. The first-order chi connectivity index (χ1) is 8.38. The van der Waals surface area contributed by atoms with Crippen molar-refractivity contribution in [2.75, 3.05) is 0 Å². The van der Waals surface area contributed by atoms with Crippen molar-refractivity contribution >= 4 is 11.6 Å². The second-order valence-corrected chi connectivity index (χ2v) is 4.42. The highest BCUT2D eigenvalue weighted by Crippen LogP contribution is 2.30. The summed E-state index contributed by atoms with van der Waals surface area (Å²) >= 11 is 0. The lowest BCUT2D eigenvalue weighted by Gasteiger charge is -2.09. The van der Waals surface area contributed by atoms with Crippen LogP contribution in [-0.4, -0.2) is 11.6 Å². The van der Waals surface area contributed by atoms with E-state index in [1.165, 1.54) is 12.1 Å². The maximum Gasteiger partial charge on any atom is 0.416 e. The van der Waals surface area contributed by atoms with Crippen molar-refractivity contribution in [3.8, 4) is 0 Å². The van der Waals surface area contributed by atoms with Crippen LogP contribution in [0.1, 0.15) is 35.2 Å². The number of ketones is 2. The molecule has 1 aromatic carbocycles. The van der Waals surface area contributed by atoms with Gasteiger partial charge in [0.25, 0.3) is 0 Å². The number of benzene rings is 1. The van der Waals surface area contributed by atoms with Gasteiger partial charge < -0.3 is 0 Å². The number of halogens is 3. The summed E-state index contributed by atoms with van der Waals surface area (Å²) in [7, 11) is 0. The first-order valence-corrected chi connectivity index (χ1v) is 5.61. The standard InChI is InChI=1S/C13H11F3O2/c14-13(15,16)10-4-1-8(2-5-10)12(18)9-3-6-11(17)7-9/h1-2,4-5,9H,3,6-7H2. The van der Waals surface area contributed by atoms with E-state index in [1.807, 2.05) is 0 Å². The normalized spacial score (nSPS) is 20.2. The molecule has 0 spiro atoms. The highest BCUT2D eigenvalue weighted by atomic mass is 19.4. The Morgan fingerprint density at radius 3 is 2.22 bits per heavy atom. The molecular formula is C13H11F3O2. The molecule has 0 amide bonds. The monoisotopic (exact) mass is 256 g/mol. The van der Waals surface area contributed by atoms with E-state index in [4.69, 9.17) is 0 Å². The van der Waals surface area contributed by atoms with Crippen LogP contribution < -0.4 is 0 Å². The van der Waals surface area contributed by atoms with Gasteiger partial charge in [0.05, 0.1) is 5.56 Å². The van der Waals surface area contributed by atoms with Crippen molar-refractivity contribution in [1.29, 1.82) is 0 Å². The molecule has 1 saturated carbocycles. The summed E-state index contributed by atoms with van der Waals surface area (Å²) in [6.45, 7) is 0. The second kappa shape index (κ2) is 4.55. The average molecular weight is 256 g/mol. The van der Waals surface area contributed by atoms with Gasteiger partial charge in [-0.25, -0.2) is 0 Å². The molecule has 0 aromatic heterocycles. The van der Waals surface area contributed by atoms with Crippen molar-refractivity contribution in [2.45, 2.75) is 25.4 Å². The molecule has 0 N–H and O–H groups in total. The Labute approximate surface area is 102 Å². The van der Waals surface area contributed by atoms with Gasteiger partial charge in [-0.1, -0.05) is 12.1 Å². The molecule has 2 nitrogen and oxygen atoms in total. The third kappa shape index (κ3) is 2.60. The smallest absolute Gasteiger partial charge is 0.300 e. The third-order valence-electron chi connectivity index (χ3n) is 3.11. The lowest BCUT2D eigenvalue weighted by Crippen LogP contribution is -2.12. The van der Waals surface area contributed by atoms with E-state index in [-0.39, 0.29) is 29.5 Å². The lowest BCUT2D eigenvalue weighted by atomic mass is 9.95. The summed E-state index contributed by atoms with van der Waals surface area (Å²) in [5, 5.41) is 0. The number of rotatable bonds is 2. The van der Waals surface area contributed by atoms with Crippen LogP contribution in [-0.2, 0) is 11.0 Å². The molecule has 1 fully saturated rings. The molecule has 1 aromatic rings. The van der Waals surface area contributed by atoms with Crippen LogP contribution in [0.3, 0.4) is 0 Å². The Morgan fingerprint density at radius 1 is 1.17 bits per heavy atom. The van der Waals surface area contributed by atoms with Crippen molar-refractivity contribution < 1.29 is 22.8 Å². The number of hydrogen-bond acceptors (Lipinski definition) is 2. The summed E-state index contributed by atoms with van der Waals surface area (Å²) < 4.78 is 37.0. The van der Waals surface area contributed by atoms with E-state index in [1.54, 1.807) is 0 Å². The highest BCUT2D eigenvalue weighted by molar-refractivity contribution is 6.01. The van der Waals surface area contributed by atoms with Crippen LogP contribution in [0.4, 0.5) is 13.2 Å². The molecule has 18 heavy (non-hydrogen) atoms. The van der Waals surface area contributed by atoms with E-state index >= 15 is 0 Å². The van der Waals surface area contributed by atoms with E-state index in [9.17, 15) is 22.8 Å². The van der Waals surface area contributed by atoms with Crippen LogP contribution in [0.15, 0.2) is 24.3 Å². The highest BCUT2D eigenvalue weighted by Gasteiger charge is 2.32. The van der Waals surface area contributed by atoms with Crippen LogP contribution in [0.5, 0.6) is 0 Å². The zero-order valence-corrected chi connectivity index (χ0v) is 9.46. The van der Waals surface area contributed by atoms with Crippen molar-refractivity contribution in [3.63, 3.8) is 0 Å². The summed E-state index contributed by atoms with van der Waals surface area (Å²) in [6, 6.07) is 4.13. The van der Waals surface area contributed by atoms with Gasteiger partial charge in [-0.2, -0.15) is 13.2 Å².